The SMILES string of the molecule is O=C(NCc1ccnc(N2CCCCC2)c1)N1CCCC1c1ccccc1. The Morgan fingerprint density at radius 3 is 2.67 bits per heavy atom. The van der Waals surface area contributed by atoms with Crippen molar-refractivity contribution in [3.63, 3.8) is 0 Å². The lowest BCUT2D eigenvalue weighted by Gasteiger charge is -2.28. The standard InChI is InChI=1S/C22H28N4O/c27-22(26-15-7-10-20(26)19-8-3-1-4-9-19)24-17-18-11-12-23-21(16-18)25-13-5-2-6-14-25/h1,3-4,8-9,11-12,16,20H,2,5-7,10,13-15,17H2,(H,24,27). The van der Waals surface area contributed by atoms with Crippen LogP contribution in [0.15, 0.2) is 48.7 Å². The van der Waals surface area contributed by atoms with Crippen molar-refractivity contribution in [2.45, 2.75) is 44.7 Å². The van der Waals surface area contributed by atoms with Gasteiger partial charge in [-0.3, -0.25) is 0 Å². The van der Waals surface area contributed by atoms with Gasteiger partial charge >= 0.3 is 6.03 Å². The van der Waals surface area contributed by atoms with Gasteiger partial charge in [0.2, 0.25) is 0 Å². The lowest BCUT2D eigenvalue weighted by Crippen LogP contribution is -2.39. The first-order valence-electron chi connectivity index (χ1n) is 10.1. The Morgan fingerprint density at radius 1 is 1.04 bits per heavy atom. The zero-order valence-electron chi connectivity index (χ0n) is 15.8. The Hall–Kier alpha value is -2.56. The van der Waals surface area contributed by atoms with Crippen LogP contribution in [0, 0.1) is 0 Å². The number of piperidine rings is 1. The number of hydrogen-bond acceptors (Lipinski definition) is 3. The van der Waals surface area contributed by atoms with Crippen LogP contribution in [0.25, 0.3) is 0 Å². The van der Waals surface area contributed by atoms with Crippen LogP contribution in [-0.4, -0.2) is 35.5 Å². The summed E-state index contributed by atoms with van der Waals surface area (Å²) in [5.74, 6) is 1.03. The first-order chi connectivity index (χ1) is 13.3. The molecule has 2 aromatic rings. The lowest BCUT2D eigenvalue weighted by atomic mass is 10.1. The number of pyridine rings is 1. The summed E-state index contributed by atoms with van der Waals surface area (Å²) in [4.78, 5) is 21.6. The Kier molecular flexibility index (Phi) is 5.56. The Labute approximate surface area is 161 Å². The van der Waals surface area contributed by atoms with Crippen molar-refractivity contribution in [3.05, 3.63) is 59.8 Å². The van der Waals surface area contributed by atoms with E-state index in [1.54, 1.807) is 0 Å². The van der Waals surface area contributed by atoms with Gasteiger partial charge in [-0.2, -0.15) is 0 Å². The molecule has 3 heterocycles. The predicted molar refractivity (Wildman–Crippen MR) is 108 cm³/mol. The highest BCUT2D eigenvalue weighted by Crippen LogP contribution is 2.31. The monoisotopic (exact) mass is 364 g/mol. The first kappa shape index (κ1) is 17.8. The summed E-state index contributed by atoms with van der Waals surface area (Å²) in [6.07, 6.45) is 7.73. The summed E-state index contributed by atoms with van der Waals surface area (Å²) < 4.78 is 0. The Balaban J connectivity index is 1.37. The zero-order valence-corrected chi connectivity index (χ0v) is 15.8. The molecule has 1 aromatic carbocycles. The van der Waals surface area contributed by atoms with Crippen LogP contribution in [0.5, 0.6) is 0 Å². The third-order valence-electron chi connectivity index (χ3n) is 5.63. The van der Waals surface area contributed by atoms with Gasteiger partial charge in [0.05, 0.1) is 6.04 Å². The number of carbonyl (C=O) groups excluding carboxylic acids is 1. The molecular formula is C22H28N4O. The third kappa shape index (κ3) is 4.24. The van der Waals surface area contributed by atoms with Crippen molar-refractivity contribution in [1.29, 1.82) is 0 Å². The van der Waals surface area contributed by atoms with Gasteiger partial charge in [0.15, 0.2) is 0 Å². The maximum atomic E-state index is 12.8. The van der Waals surface area contributed by atoms with Crippen LogP contribution in [0.3, 0.4) is 0 Å². The van der Waals surface area contributed by atoms with Crippen molar-refractivity contribution >= 4 is 11.8 Å². The third-order valence-corrected chi connectivity index (χ3v) is 5.63. The maximum Gasteiger partial charge on any atom is 0.318 e. The molecule has 2 aliphatic rings. The fourth-order valence-electron chi connectivity index (χ4n) is 4.18. The number of likely N-dealkylation sites (tertiary alicyclic amines) is 1. The quantitative estimate of drug-likeness (QED) is 0.888. The van der Waals surface area contributed by atoms with E-state index in [9.17, 15) is 4.79 Å². The number of nitrogens with zero attached hydrogens (tertiary/aromatic N) is 3. The number of benzene rings is 1. The van der Waals surface area contributed by atoms with Crippen LogP contribution in [-0.2, 0) is 6.54 Å². The molecule has 2 fully saturated rings. The summed E-state index contributed by atoms with van der Waals surface area (Å²) in [5, 5.41) is 3.11. The predicted octanol–water partition coefficient (Wildman–Crippen LogP) is 4.12. The van der Waals surface area contributed by atoms with E-state index in [0.29, 0.717) is 6.54 Å². The molecule has 1 aromatic heterocycles. The van der Waals surface area contributed by atoms with Crippen molar-refractivity contribution in [2.75, 3.05) is 24.5 Å². The van der Waals surface area contributed by atoms with Crippen LogP contribution in [0.4, 0.5) is 10.6 Å². The van der Waals surface area contributed by atoms with Gasteiger partial charge in [-0.1, -0.05) is 30.3 Å². The second-order valence-corrected chi connectivity index (χ2v) is 7.49. The molecule has 27 heavy (non-hydrogen) atoms. The summed E-state index contributed by atoms with van der Waals surface area (Å²) in [5.41, 5.74) is 2.33. The molecule has 1 N–H and O–H groups in total. The highest BCUT2D eigenvalue weighted by atomic mass is 16.2. The fraction of sp³-hybridized carbons (Fsp3) is 0.455. The Bertz CT molecular complexity index is 758. The van der Waals surface area contributed by atoms with Crippen molar-refractivity contribution in [1.82, 2.24) is 15.2 Å². The molecule has 1 atom stereocenters. The van der Waals surface area contributed by atoms with Crippen molar-refractivity contribution in [2.24, 2.45) is 0 Å². The van der Waals surface area contributed by atoms with E-state index in [4.69, 9.17) is 0 Å². The van der Waals surface area contributed by atoms with Gasteiger partial charge in [0.1, 0.15) is 5.82 Å². The Morgan fingerprint density at radius 2 is 1.85 bits per heavy atom. The minimum Gasteiger partial charge on any atom is -0.357 e. The number of rotatable bonds is 4. The van der Waals surface area contributed by atoms with E-state index in [-0.39, 0.29) is 12.1 Å². The van der Waals surface area contributed by atoms with E-state index in [1.165, 1.54) is 24.8 Å². The fourth-order valence-corrected chi connectivity index (χ4v) is 4.18. The lowest BCUT2D eigenvalue weighted by molar-refractivity contribution is 0.192. The van der Waals surface area contributed by atoms with Gasteiger partial charge in [-0.15, -0.1) is 0 Å². The van der Waals surface area contributed by atoms with Gasteiger partial charge < -0.3 is 15.1 Å². The van der Waals surface area contributed by atoms with E-state index >= 15 is 0 Å². The molecule has 142 valence electrons. The van der Waals surface area contributed by atoms with Gasteiger partial charge in [-0.05, 0) is 55.4 Å². The molecule has 0 radical (unpaired) electrons. The second kappa shape index (κ2) is 8.42. The molecule has 0 spiro atoms. The van der Waals surface area contributed by atoms with Gasteiger partial charge in [-0.25, -0.2) is 9.78 Å². The molecule has 4 rings (SSSR count). The summed E-state index contributed by atoms with van der Waals surface area (Å²) in [6, 6.07) is 14.7. The van der Waals surface area contributed by atoms with E-state index in [1.807, 2.05) is 35.4 Å². The molecule has 5 nitrogen and oxygen atoms in total. The smallest absolute Gasteiger partial charge is 0.318 e. The second-order valence-electron chi connectivity index (χ2n) is 7.49. The van der Waals surface area contributed by atoms with Crippen LogP contribution in [0.2, 0.25) is 0 Å². The average Bonchev–Trinajstić information content (AvgIpc) is 3.24. The number of aromatic nitrogens is 1. The van der Waals surface area contributed by atoms with E-state index < -0.39 is 0 Å². The highest BCUT2D eigenvalue weighted by molar-refractivity contribution is 5.75. The normalized spacial score (nSPS) is 19.9. The number of hydrogen-bond donors (Lipinski definition) is 1. The maximum absolute atomic E-state index is 12.8. The molecule has 0 bridgehead atoms. The van der Waals surface area contributed by atoms with Crippen LogP contribution in [0.1, 0.15) is 49.3 Å². The van der Waals surface area contributed by atoms with Gasteiger partial charge in [0, 0.05) is 32.4 Å². The number of anilines is 1. The minimum atomic E-state index is 0.0256. The number of nitrogens with one attached hydrogen (secondary N) is 1. The molecule has 2 saturated heterocycles. The van der Waals surface area contributed by atoms with Crippen LogP contribution >= 0.6 is 0 Å². The summed E-state index contributed by atoms with van der Waals surface area (Å²) >= 11 is 0. The average molecular weight is 364 g/mol. The molecular weight excluding hydrogens is 336 g/mol. The number of urea groups is 1. The van der Waals surface area contributed by atoms with E-state index in [2.05, 4.69) is 33.4 Å². The number of amides is 2. The number of carbonyl (C=O) groups is 1. The zero-order chi connectivity index (χ0) is 18.5. The minimum absolute atomic E-state index is 0.0256. The topological polar surface area (TPSA) is 48.5 Å². The first-order valence-corrected chi connectivity index (χ1v) is 10.1. The molecule has 5 heteroatoms. The van der Waals surface area contributed by atoms with Crippen molar-refractivity contribution in [3.8, 4) is 0 Å². The summed E-state index contributed by atoms with van der Waals surface area (Å²) in [7, 11) is 0. The molecule has 2 aliphatic heterocycles. The molecule has 0 aliphatic carbocycles. The summed E-state index contributed by atoms with van der Waals surface area (Å²) in [6.45, 7) is 3.52. The van der Waals surface area contributed by atoms with Gasteiger partial charge in [0.25, 0.3) is 0 Å². The molecule has 2 amide bonds. The largest absolute Gasteiger partial charge is 0.357 e. The van der Waals surface area contributed by atoms with E-state index in [0.717, 1.165) is 43.9 Å². The highest BCUT2D eigenvalue weighted by Gasteiger charge is 2.29. The van der Waals surface area contributed by atoms with Crippen molar-refractivity contribution < 1.29 is 4.79 Å². The molecule has 0 saturated carbocycles. The molecule has 1 unspecified atom stereocenters. The van der Waals surface area contributed by atoms with Crippen LogP contribution < -0.4 is 10.2 Å².